The molecule has 0 spiro atoms. The SMILES string of the molecule is O=C(c1ccc(Oc2nccnc2-c2cccc3ncccc23)cc1)c1nc2ccccc2[nH]1. The predicted octanol–water partition coefficient (Wildman–Crippen LogP) is 5.59. The standard InChI is InChI=1S/C27H17N5O2/c33-25(26-31-22-7-1-2-8-23(22)32-26)17-10-12-18(13-11-17)34-27-24(29-15-16-30-27)20-5-3-9-21-19(20)6-4-14-28-21/h1-16H,(H,31,32). The summed E-state index contributed by atoms with van der Waals surface area (Å²) in [7, 11) is 0. The molecule has 3 heterocycles. The van der Waals surface area contributed by atoms with Gasteiger partial charge in [0.05, 0.1) is 16.6 Å². The molecular weight excluding hydrogens is 426 g/mol. The van der Waals surface area contributed by atoms with E-state index in [4.69, 9.17) is 4.74 Å². The normalized spacial score (nSPS) is 11.1. The summed E-state index contributed by atoms with van der Waals surface area (Å²) in [6, 6.07) is 24.2. The molecule has 0 bridgehead atoms. The second-order valence-corrected chi connectivity index (χ2v) is 7.64. The number of carbonyl (C=O) groups excluding carboxylic acids is 1. The number of nitrogens with one attached hydrogen (secondary N) is 1. The zero-order valence-electron chi connectivity index (χ0n) is 17.8. The van der Waals surface area contributed by atoms with Crippen molar-refractivity contribution in [2.75, 3.05) is 0 Å². The first-order valence-electron chi connectivity index (χ1n) is 10.7. The molecule has 6 rings (SSSR count). The number of ether oxygens (including phenoxy) is 1. The Kier molecular flexibility index (Phi) is 4.77. The Morgan fingerprint density at radius 2 is 1.56 bits per heavy atom. The van der Waals surface area contributed by atoms with E-state index in [0.717, 1.165) is 27.5 Å². The zero-order chi connectivity index (χ0) is 22.9. The van der Waals surface area contributed by atoms with Gasteiger partial charge in [-0.3, -0.25) is 9.78 Å². The van der Waals surface area contributed by atoms with Crippen LogP contribution in [0.4, 0.5) is 0 Å². The van der Waals surface area contributed by atoms with E-state index in [-0.39, 0.29) is 5.78 Å². The number of aromatic amines is 1. The summed E-state index contributed by atoms with van der Waals surface area (Å²) in [5, 5.41) is 0.960. The van der Waals surface area contributed by atoms with Crippen molar-refractivity contribution in [2.24, 2.45) is 0 Å². The minimum absolute atomic E-state index is 0.189. The van der Waals surface area contributed by atoms with Crippen molar-refractivity contribution in [3.63, 3.8) is 0 Å². The van der Waals surface area contributed by atoms with Gasteiger partial charge in [0, 0.05) is 35.1 Å². The fourth-order valence-electron chi connectivity index (χ4n) is 3.88. The average Bonchev–Trinajstić information content (AvgIpc) is 3.33. The van der Waals surface area contributed by atoms with Gasteiger partial charge in [0.25, 0.3) is 0 Å². The van der Waals surface area contributed by atoms with Crippen LogP contribution in [0.3, 0.4) is 0 Å². The molecule has 34 heavy (non-hydrogen) atoms. The third-order valence-electron chi connectivity index (χ3n) is 5.50. The Hall–Kier alpha value is -4.91. The van der Waals surface area contributed by atoms with Crippen LogP contribution in [0, 0.1) is 0 Å². The van der Waals surface area contributed by atoms with Gasteiger partial charge in [-0.15, -0.1) is 0 Å². The Balaban J connectivity index is 1.29. The highest BCUT2D eigenvalue weighted by Crippen LogP contribution is 2.33. The molecule has 3 aromatic heterocycles. The van der Waals surface area contributed by atoms with Crippen LogP contribution in [0.5, 0.6) is 11.6 Å². The molecule has 1 N–H and O–H groups in total. The predicted molar refractivity (Wildman–Crippen MR) is 129 cm³/mol. The molecule has 0 amide bonds. The molecule has 0 unspecified atom stereocenters. The molecule has 0 aliphatic heterocycles. The van der Waals surface area contributed by atoms with E-state index in [2.05, 4.69) is 24.9 Å². The van der Waals surface area contributed by atoms with Crippen molar-refractivity contribution >= 4 is 27.7 Å². The van der Waals surface area contributed by atoms with Crippen molar-refractivity contribution in [3.05, 3.63) is 109 Å². The van der Waals surface area contributed by atoms with E-state index in [1.165, 1.54) is 0 Å². The monoisotopic (exact) mass is 443 g/mol. The van der Waals surface area contributed by atoms with Crippen LogP contribution in [0.15, 0.2) is 97.5 Å². The Morgan fingerprint density at radius 1 is 0.735 bits per heavy atom. The van der Waals surface area contributed by atoms with Crippen LogP contribution in [0.25, 0.3) is 33.2 Å². The molecule has 162 valence electrons. The number of H-pyrrole nitrogens is 1. The van der Waals surface area contributed by atoms with E-state index in [0.29, 0.717) is 28.7 Å². The van der Waals surface area contributed by atoms with E-state index in [1.807, 2.05) is 54.6 Å². The number of para-hydroxylation sites is 2. The quantitative estimate of drug-likeness (QED) is 0.349. The number of pyridine rings is 1. The maximum atomic E-state index is 12.9. The van der Waals surface area contributed by atoms with Crippen LogP contribution in [0.1, 0.15) is 16.2 Å². The minimum atomic E-state index is -0.189. The summed E-state index contributed by atoms with van der Waals surface area (Å²) in [5.74, 6) is 1.03. The van der Waals surface area contributed by atoms with Crippen LogP contribution in [-0.4, -0.2) is 30.7 Å². The fourth-order valence-corrected chi connectivity index (χ4v) is 3.88. The number of aromatic nitrogens is 5. The number of hydrogen-bond donors (Lipinski definition) is 1. The number of carbonyl (C=O) groups is 1. The lowest BCUT2D eigenvalue weighted by Crippen LogP contribution is -2.03. The fraction of sp³-hybridized carbons (Fsp3) is 0. The molecule has 0 fully saturated rings. The first-order chi connectivity index (χ1) is 16.8. The highest BCUT2D eigenvalue weighted by atomic mass is 16.5. The van der Waals surface area contributed by atoms with Gasteiger partial charge in [0.2, 0.25) is 11.7 Å². The van der Waals surface area contributed by atoms with E-state index in [1.54, 1.807) is 42.9 Å². The lowest BCUT2D eigenvalue weighted by molar-refractivity contribution is 0.103. The molecular formula is C27H17N5O2. The van der Waals surface area contributed by atoms with E-state index in [9.17, 15) is 4.79 Å². The molecule has 0 aliphatic carbocycles. The van der Waals surface area contributed by atoms with Crippen molar-refractivity contribution in [2.45, 2.75) is 0 Å². The Morgan fingerprint density at radius 3 is 2.44 bits per heavy atom. The largest absolute Gasteiger partial charge is 0.437 e. The van der Waals surface area contributed by atoms with Gasteiger partial charge in [-0.05, 0) is 48.5 Å². The number of hydrogen-bond acceptors (Lipinski definition) is 6. The summed E-state index contributed by atoms with van der Waals surface area (Å²) < 4.78 is 6.07. The van der Waals surface area contributed by atoms with Crippen LogP contribution in [-0.2, 0) is 0 Å². The second kappa shape index (κ2) is 8.22. The van der Waals surface area contributed by atoms with E-state index >= 15 is 0 Å². The molecule has 0 aliphatic rings. The number of nitrogens with zero attached hydrogens (tertiary/aromatic N) is 4. The maximum absolute atomic E-state index is 12.9. The highest BCUT2D eigenvalue weighted by molar-refractivity contribution is 6.08. The number of ketones is 1. The maximum Gasteiger partial charge on any atom is 0.246 e. The Labute approximate surface area is 194 Å². The number of fused-ring (bicyclic) bond motifs is 2. The van der Waals surface area contributed by atoms with Gasteiger partial charge in [0.1, 0.15) is 11.4 Å². The summed E-state index contributed by atoms with van der Waals surface area (Å²) in [4.78, 5) is 33.7. The zero-order valence-corrected chi connectivity index (χ0v) is 17.8. The molecule has 7 heteroatoms. The summed E-state index contributed by atoms with van der Waals surface area (Å²) in [6.45, 7) is 0. The first kappa shape index (κ1) is 19.8. The lowest BCUT2D eigenvalue weighted by Gasteiger charge is -2.11. The molecule has 7 nitrogen and oxygen atoms in total. The van der Waals surface area contributed by atoms with Crippen LogP contribution >= 0.6 is 0 Å². The smallest absolute Gasteiger partial charge is 0.246 e. The summed E-state index contributed by atoms with van der Waals surface area (Å²) in [6.07, 6.45) is 4.97. The summed E-state index contributed by atoms with van der Waals surface area (Å²) >= 11 is 0. The van der Waals surface area contributed by atoms with Crippen LogP contribution in [0.2, 0.25) is 0 Å². The third kappa shape index (κ3) is 3.55. The summed E-state index contributed by atoms with van der Waals surface area (Å²) in [5.41, 5.74) is 4.44. The van der Waals surface area contributed by atoms with Crippen molar-refractivity contribution in [1.29, 1.82) is 0 Å². The molecule has 0 radical (unpaired) electrons. The van der Waals surface area contributed by atoms with Crippen molar-refractivity contribution in [1.82, 2.24) is 24.9 Å². The molecule has 0 atom stereocenters. The molecule has 3 aromatic carbocycles. The number of benzene rings is 3. The van der Waals surface area contributed by atoms with Crippen molar-refractivity contribution in [3.8, 4) is 22.9 Å². The topological polar surface area (TPSA) is 93.7 Å². The average molecular weight is 443 g/mol. The highest BCUT2D eigenvalue weighted by Gasteiger charge is 2.16. The third-order valence-corrected chi connectivity index (χ3v) is 5.50. The minimum Gasteiger partial charge on any atom is -0.437 e. The van der Waals surface area contributed by atoms with Crippen LogP contribution < -0.4 is 4.74 Å². The molecule has 0 saturated carbocycles. The van der Waals surface area contributed by atoms with Crippen molar-refractivity contribution < 1.29 is 9.53 Å². The van der Waals surface area contributed by atoms with Gasteiger partial charge in [-0.25, -0.2) is 15.0 Å². The first-order valence-corrected chi connectivity index (χ1v) is 10.7. The number of imidazole rings is 1. The van der Waals surface area contributed by atoms with Gasteiger partial charge in [-0.2, -0.15) is 0 Å². The van der Waals surface area contributed by atoms with Gasteiger partial charge in [0.15, 0.2) is 5.82 Å². The second-order valence-electron chi connectivity index (χ2n) is 7.64. The molecule has 0 saturated heterocycles. The van der Waals surface area contributed by atoms with Gasteiger partial charge < -0.3 is 9.72 Å². The van der Waals surface area contributed by atoms with E-state index < -0.39 is 0 Å². The van der Waals surface area contributed by atoms with Gasteiger partial charge >= 0.3 is 0 Å². The lowest BCUT2D eigenvalue weighted by atomic mass is 10.1. The Bertz CT molecular complexity index is 1620. The molecule has 6 aromatic rings. The van der Waals surface area contributed by atoms with Gasteiger partial charge in [-0.1, -0.05) is 30.3 Å². The number of rotatable bonds is 5.